The van der Waals surface area contributed by atoms with Crippen LogP contribution in [0.1, 0.15) is 29.6 Å². The van der Waals surface area contributed by atoms with Gasteiger partial charge in [-0.2, -0.15) is 0 Å². The molecule has 1 amide bonds. The van der Waals surface area contributed by atoms with Crippen LogP contribution in [0.3, 0.4) is 0 Å². The maximum absolute atomic E-state index is 13.3. The van der Waals surface area contributed by atoms with Gasteiger partial charge in [0.1, 0.15) is 0 Å². The molecule has 1 aromatic rings. The molecule has 2 heterocycles. The number of rotatable bonds is 4. The Kier molecular flexibility index (Phi) is 3.84. The van der Waals surface area contributed by atoms with Crippen LogP contribution in [0.25, 0.3) is 0 Å². The third kappa shape index (κ3) is 2.71. The van der Waals surface area contributed by atoms with Crippen LogP contribution in [0.5, 0.6) is 0 Å². The highest BCUT2D eigenvalue weighted by Gasteiger charge is 2.55. The molecule has 1 saturated carbocycles. The minimum atomic E-state index is -0.993. The summed E-state index contributed by atoms with van der Waals surface area (Å²) in [6.07, 6.45) is 3.44. The molecule has 1 aliphatic carbocycles. The number of aliphatic hydroxyl groups is 1. The van der Waals surface area contributed by atoms with Crippen LogP contribution in [-0.2, 0) is 0 Å². The molecular weight excluding hydrogens is 314 g/mol. The fraction of sp³-hybridized carbons (Fsp3) is 0.611. The van der Waals surface area contributed by atoms with Gasteiger partial charge in [-0.3, -0.25) is 9.69 Å². The van der Waals surface area contributed by atoms with Crippen molar-refractivity contribution in [2.75, 3.05) is 32.8 Å². The van der Waals surface area contributed by atoms with Crippen molar-refractivity contribution >= 4 is 5.91 Å². The van der Waals surface area contributed by atoms with E-state index in [-0.39, 0.29) is 29.5 Å². The van der Waals surface area contributed by atoms with Crippen molar-refractivity contribution in [1.29, 1.82) is 0 Å². The first-order chi connectivity index (χ1) is 11.5. The molecule has 1 spiro atoms. The van der Waals surface area contributed by atoms with Gasteiger partial charge in [-0.15, -0.1) is 0 Å². The molecule has 24 heavy (non-hydrogen) atoms. The number of hydrogen-bond donors (Lipinski definition) is 1. The number of nitrogens with zero attached hydrogens (tertiary/aromatic N) is 2. The zero-order valence-electron chi connectivity index (χ0n) is 13.5. The number of aliphatic hydroxyl groups excluding tert-OH is 1. The van der Waals surface area contributed by atoms with Gasteiger partial charge in [0, 0.05) is 38.3 Å². The Morgan fingerprint density at radius 2 is 1.96 bits per heavy atom. The lowest BCUT2D eigenvalue weighted by Crippen LogP contribution is -2.69. The smallest absolute Gasteiger partial charge is 0.254 e. The Labute approximate surface area is 140 Å². The highest BCUT2D eigenvalue weighted by molar-refractivity contribution is 5.95. The van der Waals surface area contributed by atoms with Crippen LogP contribution in [0.2, 0.25) is 0 Å². The van der Waals surface area contributed by atoms with E-state index in [2.05, 4.69) is 4.90 Å². The normalized spacial score (nSPS) is 26.0. The SMILES string of the molecule is O=C(c1ccc(F)c(F)c1)N1CC2(C[C@@H](CO)CN2CC2CC2)C1. The van der Waals surface area contributed by atoms with Gasteiger partial charge in [0.25, 0.3) is 5.91 Å². The second-order valence-corrected chi connectivity index (χ2v) is 7.62. The Morgan fingerprint density at radius 1 is 1.21 bits per heavy atom. The van der Waals surface area contributed by atoms with Crippen LogP contribution in [-0.4, -0.2) is 59.1 Å². The van der Waals surface area contributed by atoms with E-state index in [0.29, 0.717) is 13.1 Å². The number of amides is 1. The molecule has 0 bridgehead atoms. The van der Waals surface area contributed by atoms with E-state index in [1.54, 1.807) is 4.90 Å². The summed E-state index contributed by atoms with van der Waals surface area (Å²) < 4.78 is 26.4. The molecule has 2 aliphatic heterocycles. The van der Waals surface area contributed by atoms with E-state index in [1.807, 2.05) is 0 Å². The average molecular weight is 336 g/mol. The predicted octanol–water partition coefficient (Wildman–Crippen LogP) is 1.88. The van der Waals surface area contributed by atoms with Crippen molar-refractivity contribution in [3.63, 3.8) is 0 Å². The van der Waals surface area contributed by atoms with Crippen molar-refractivity contribution in [3.8, 4) is 0 Å². The van der Waals surface area contributed by atoms with Crippen molar-refractivity contribution in [3.05, 3.63) is 35.4 Å². The van der Waals surface area contributed by atoms with E-state index in [1.165, 1.54) is 18.9 Å². The van der Waals surface area contributed by atoms with Crippen molar-refractivity contribution < 1.29 is 18.7 Å². The fourth-order valence-corrected chi connectivity index (χ4v) is 4.19. The molecule has 3 fully saturated rings. The predicted molar refractivity (Wildman–Crippen MR) is 84.5 cm³/mol. The summed E-state index contributed by atoms with van der Waals surface area (Å²) in [5.41, 5.74) is 0.152. The molecule has 0 radical (unpaired) electrons. The second-order valence-electron chi connectivity index (χ2n) is 7.62. The van der Waals surface area contributed by atoms with Crippen molar-refractivity contribution in [2.45, 2.75) is 24.8 Å². The van der Waals surface area contributed by atoms with Crippen LogP contribution in [0.15, 0.2) is 18.2 Å². The third-order valence-electron chi connectivity index (χ3n) is 5.68. The van der Waals surface area contributed by atoms with E-state index < -0.39 is 11.6 Å². The molecule has 1 atom stereocenters. The lowest BCUT2D eigenvalue weighted by atomic mass is 9.84. The summed E-state index contributed by atoms with van der Waals surface area (Å²) >= 11 is 0. The lowest BCUT2D eigenvalue weighted by molar-refractivity contribution is -0.0200. The van der Waals surface area contributed by atoms with Gasteiger partial charge in [-0.1, -0.05) is 0 Å². The number of carbonyl (C=O) groups excluding carboxylic acids is 1. The number of halogens is 2. The largest absolute Gasteiger partial charge is 0.396 e. The summed E-state index contributed by atoms with van der Waals surface area (Å²) in [6.45, 7) is 3.33. The van der Waals surface area contributed by atoms with Crippen LogP contribution in [0.4, 0.5) is 8.78 Å². The van der Waals surface area contributed by atoms with Gasteiger partial charge in [0.05, 0.1) is 5.54 Å². The Balaban J connectivity index is 1.45. The van der Waals surface area contributed by atoms with E-state index in [4.69, 9.17) is 0 Å². The molecular formula is C18H22F2N2O2. The summed E-state index contributed by atoms with van der Waals surface area (Å²) in [5, 5.41) is 9.51. The van der Waals surface area contributed by atoms with Crippen LogP contribution < -0.4 is 0 Å². The quantitative estimate of drug-likeness (QED) is 0.913. The van der Waals surface area contributed by atoms with Gasteiger partial charge < -0.3 is 10.0 Å². The first-order valence-corrected chi connectivity index (χ1v) is 8.61. The molecule has 0 aromatic heterocycles. The maximum Gasteiger partial charge on any atom is 0.254 e. The summed E-state index contributed by atoms with van der Waals surface area (Å²) in [6, 6.07) is 3.30. The number of hydrogen-bond acceptors (Lipinski definition) is 3. The standard InChI is InChI=1S/C18H22F2N2O2/c19-15-4-3-14(5-16(15)20)17(24)21-10-18(11-21)6-13(9-23)8-22(18)7-12-1-2-12/h3-5,12-13,23H,1-2,6-11H2/t13-/m1/s1. The number of likely N-dealkylation sites (tertiary alicyclic amines) is 2. The van der Waals surface area contributed by atoms with E-state index in [0.717, 1.165) is 37.6 Å². The topological polar surface area (TPSA) is 43.8 Å². The summed E-state index contributed by atoms with van der Waals surface area (Å²) in [7, 11) is 0. The summed E-state index contributed by atoms with van der Waals surface area (Å²) in [5.74, 6) is -1.16. The monoisotopic (exact) mass is 336 g/mol. The van der Waals surface area contributed by atoms with Crippen molar-refractivity contribution in [2.24, 2.45) is 11.8 Å². The molecule has 1 N–H and O–H groups in total. The highest BCUT2D eigenvalue weighted by atomic mass is 19.2. The molecule has 6 heteroatoms. The zero-order valence-corrected chi connectivity index (χ0v) is 13.5. The Morgan fingerprint density at radius 3 is 2.58 bits per heavy atom. The van der Waals surface area contributed by atoms with Crippen LogP contribution >= 0.6 is 0 Å². The fourth-order valence-electron chi connectivity index (χ4n) is 4.19. The third-order valence-corrected chi connectivity index (χ3v) is 5.68. The maximum atomic E-state index is 13.3. The van der Waals surface area contributed by atoms with Gasteiger partial charge in [-0.05, 0) is 49.3 Å². The lowest BCUT2D eigenvalue weighted by Gasteiger charge is -2.53. The molecule has 4 nitrogen and oxygen atoms in total. The molecule has 4 rings (SSSR count). The minimum Gasteiger partial charge on any atom is -0.396 e. The molecule has 2 saturated heterocycles. The molecule has 0 unspecified atom stereocenters. The Hall–Kier alpha value is -1.53. The van der Waals surface area contributed by atoms with Crippen LogP contribution in [0, 0.1) is 23.5 Å². The molecule has 3 aliphatic rings. The van der Waals surface area contributed by atoms with E-state index >= 15 is 0 Å². The Bertz CT molecular complexity index is 656. The van der Waals surface area contributed by atoms with E-state index in [9.17, 15) is 18.7 Å². The first kappa shape index (κ1) is 16.0. The van der Waals surface area contributed by atoms with Gasteiger partial charge >= 0.3 is 0 Å². The summed E-state index contributed by atoms with van der Waals surface area (Å²) in [4.78, 5) is 16.6. The van der Waals surface area contributed by atoms with Gasteiger partial charge in [-0.25, -0.2) is 8.78 Å². The minimum absolute atomic E-state index is 0.0375. The zero-order chi connectivity index (χ0) is 16.9. The molecule has 130 valence electrons. The molecule has 1 aromatic carbocycles. The number of carbonyl (C=O) groups is 1. The highest BCUT2D eigenvalue weighted by Crippen LogP contribution is 2.43. The first-order valence-electron chi connectivity index (χ1n) is 8.61. The van der Waals surface area contributed by atoms with Gasteiger partial charge in [0.2, 0.25) is 0 Å². The average Bonchev–Trinajstić information content (AvgIpc) is 3.26. The second kappa shape index (κ2) is 5.77. The van der Waals surface area contributed by atoms with Gasteiger partial charge in [0.15, 0.2) is 11.6 Å². The van der Waals surface area contributed by atoms with Crippen molar-refractivity contribution in [1.82, 2.24) is 9.80 Å². The number of benzene rings is 1.